The van der Waals surface area contributed by atoms with Crippen LogP contribution in [0.2, 0.25) is 0 Å². The Labute approximate surface area is 195 Å². The lowest BCUT2D eigenvalue weighted by molar-refractivity contribution is 0.223. The number of ether oxygens (including phenoxy) is 1. The monoisotopic (exact) mass is 520 g/mol. The highest BCUT2D eigenvalue weighted by Crippen LogP contribution is 2.14. The summed E-state index contributed by atoms with van der Waals surface area (Å²) < 4.78 is 7.86. The topological polar surface area (TPSA) is 76.4 Å². The molecule has 0 saturated heterocycles. The maximum atomic E-state index is 5.98. The number of aliphatic imine (C=N–C) groups is 1. The van der Waals surface area contributed by atoms with Crippen LogP contribution in [-0.4, -0.2) is 39.7 Å². The molecule has 30 heavy (non-hydrogen) atoms. The first-order valence-corrected chi connectivity index (χ1v) is 9.83. The van der Waals surface area contributed by atoms with E-state index in [0.717, 1.165) is 29.6 Å². The lowest BCUT2D eigenvalue weighted by atomic mass is 10.2. The van der Waals surface area contributed by atoms with Gasteiger partial charge in [0.05, 0.1) is 13.1 Å². The van der Waals surface area contributed by atoms with E-state index < -0.39 is 0 Å². The highest BCUT2D eigenvalue weighted by molar-refractivity contribution is 14.0. The summed E-state index contributed by atoms with van der Waals surface area (Å²) >= 11 is 0. The number of benzene rings is 1. The molecule has 160 valence electrons. The van der Waals surface area contributed by atoms with Gasteiger partial charge in [-0.05, 0) is 56.2 Å². The Morgan fingerprint density at radius 3 is 2.80 bits per heavy atom. The number of nitrogens with zero attached hydrogens (tertiary/aromatic N) is 4. The minimum absolute atomic E-state index is 0. The number of imidazole rings is 1. The smallest absolute Gasteiger partial charge is 0.191 e. The molecule has 0 radical (unpaired) electrons. The number of halogens is 1. The van der Waals surface area contributed by atoms with E-state index in [2.05, 4.69) is 38.6 Å². The van der Waals surface area contributed by atoms with Crippen molar-refractivity contribution < 1.29 is 4.74 Å². The highest BCUT2D eigenvalue weighted by atomic mass is 127. The van der Waals surface area contributed by atoms with Gasteiger partial charge in [0.1, 0.15) is 24.0 Å². The second-order valence-electron chi connectivity index (χ2n) is 6.81. The molecule has 2 aromatic heterocycles. The van der Waals surface area contributed by atoms with Gasteiger partial charge in [-0.1, -0.05) is 12.1 Å². The van der Waals surface area contributed by atoms with Gasteiger partial charge in [-0.2, -0.15) is 0 Å². The van der Waals surface area contributed by atoms with Gasteiger partial charge >= 0.3 is 0 Å². The van der Waals surface area contributed by atoms with Gasteiger partial charge in [0.15, 0.2) is 5.96 Å². The average molecular weight is 520 g/mol. The fraction of sp³-hybridized carbons (Fsp3) is 0.318. The molecular weight excluding hydrogens is 491 g/mol. The molecule has 0 bridgehead atoms. The number of guanidine groups is 1. The first kappa shape index (κ1) is 23.7. The first-order valence-electron chi connectivity index (χ1n) is 9.83. The Kier molecular flexibility index (Phi) is 9.59. The van der Waals surface area contributed by atoms with Crippen LogP contribution >= 0.6 is 24.0 Å². The van der Waals surface area contributed by atoms with Crippen LogP contribution in [0.4, 0.5) is 0 Å². The van der Waals surface area contributed by atoms with Crippen molar-refractivity contribution in [2.75, 3.05) is 13.1 Å². The van der Waals surface area contributed by atoms with Crippen molar-refractivity contribution in [1.29, 1.82) is 0 Å². The molecule has 7 nitrogen and oxygen atoms in total. The zero-order valence-electron chi connectivity index (χ0n) is 17.6. The number of hydrogen-bond acceptors (Lipinski definition) is 4. The van der Waals surface area contributed by atoms with E-state index >= 15 is 0 Å². The summed E-state index contributed by atoms with van der Waals surface area (Å²) in [5, 5.41) is 6.63. The second-order valence-corrected chi connectivity index (χ2v) is 6.81. The second kappa shape index (κ2) is 12.2. The molecule has 2 heterocycles. The fourth-order valence-corrected chi connectivity index (χ4v) is 2.81. The molecular formula is C22H29IN6O. The van der Waals surface area contributed by atoms with Crippen LogP contribution in [-0.2, 0) is 6.54 Å². The quantitative estimate of drug-likeness (QED) is 0.269. The summed E-state index contributed by atoms with van der Waals surface area (Å²) in [6.07, 6.45) is 7.14. The number of pyridine rings is 1. The lowest BCUT2D eigenvalue weighted by Crippen LogP contribution is -2.41. The first-order chi connectivity index (χ1) is 14.1. The van der Waals surface area contributed by atoms with Crippen LogP contribution in [0, 0.1) is 6.92 Å². The molecule has 8 heteroatoms. The van der Waals surface area contributed by atoms with Gasteiger partial charge in [-0.15, -0.1) is 24.0 Å². The number of rotatable bonds is 8. The molecule has 3 aromatic rings. The Hall–Kier alpha value is -2.62. The van der Waals surface area contributed by atoms with E-state index in [1.165, 1.54) is 5.56 Å². The summed E-state index contributed by atoms with van der Waals surface area (Å²) in [5.41, 5.74) is 2.26. The molecule has 0 fully saturated rings. The molecule has 0 amide bonds. The third-order valence-electron chi connectivity index (χ3n) is 4.23. The third-order valence-corrected chi connectivity index (χ3v) is 4.23. The maximum Gasteiger partial charge on any atom is 0.191 e. The number of aryl methyl sites for hydroxylation is 1. The summed E-state index contributed by atoms with van der Waals surface area (Å²) in [6.45, 7) is 8.13. The van der Waals surface area contributed by atoms with Crippen LogP contribution in [0.3, 0.4) is 0 Å². The summed E-state index contributed by atoms with van der Waals surface area (Å²) in [4.78, 5) is 13.1. The molecule has 0 aliphatic carbocycles. The lowest BCUT2D eigenvalue weighted by Gasteiger charge is -2.18. The average Bonchev–Trinajstić information content (AvgIpc) is 3.25. The van der Waals surface area contributed by atoms with Crippen LogP contribution in [0.15, 0.2) is 66.3 Å². The molecule has 0 spiro atoms. The van der Waals surface area contributed by atoms with E-state index in [-0.39, 0.29) is 30.1 Å². The highest BCUT2D eigenvalue weighted by Gasteiger charge is 2.06. The van der Waals surface area contributed by atoms with Gasteiger partial charge in [-0.3, -0.25) is 4.57 Å². The van der Waals surface area contributed by atoms with E-state index in [4.69, 9.17) is 4.74 Å². The largest absolute Gasteiger partial charge is 0.489 e. The van der Waals surface area contributed by atoms with E-state index in [0.29, 0.717) is 13.1 Å². The minimum Gasteiger partial charge on any atom is -0.489 e. The zero-order valence-corrected chi connectivity index (χ0v) is 19.9. The number of hydrogen-bond donors (Lipinski definition) is 2. The molecule has 0 aliphatic rings. The molecule has 0 aliphatic heterocycles. The minimum atomic E-state index is 0. The molecule has 1 atom stereocenters. The SMILES string of the molecule is CCNC(=NCc1ccnc(-n2ccnc2)c1)NCC(C)Oc1cccc(C)c1.I. The van der Waals surface area contributed by atoms with Crippen LogP contribution in [0.5, 0.6) is 5.75 Å². The summed E-state index contributed by atoms with van der Waals surface area (Å²) in [6, 6.07) is 12.1. The molecule has 1 unspecified atom stereocenters. The predicted molar refractivity (Wildman–Crippen MR) is 131 cm³/mol. The summed E-state index contributed by atoms with van der Waals surface area (Å²) in [7, 11) is 0. The fourth-order valence-electron chi connectivity index (χ4n) is 2.81. The van der Waals surface area contributed by atoms with Crippen molar-refractivity contribution in [2.24, 2.45) is 4.99 Å². The Bertz CT molecular complexity index is 929. The van der Waals surface area contributed by atoms with Crippen molar-refractivity contribution >= 4 is 29.9 Å². The van der Waals surface area contributed by atoms with Gasteiger partial charge in [0, 0.05) is 25.1 Å². The zero-order chi connectivity index (χ0) is 20.5. The van der Waals surface area contributed by atoms with Crippen molar-refractivity contribution in [3.63, 3.8) is 0 Å². The van der Waals surface area contributed by atoms with Crippen LogP contribution < -0.4 is 15.4 Å². The molecule has 1 aromatic carbocycles. The molecule has 3 rings (SSSR count). The van der Waals surface area contributed by atoms with Crippen molar-refractivity contribution in [3.05, 3.63) is 72.4 Å². The van der Waals surface area contributed by atoms with E-state index in [1.807, 2.05) is 54.9 Å². The Balaban J connectivity index is 0.00000320. The maximum absolute atomic E-state index is 5.98. The van der Waals surface area contributed by atoms with Gasteiger partial charge in [0.2, 0.25) is 0 Å². The van der Waals surface area contributed by atoms with Crippen LogP contribution in [0.1, 0.15) is 25.0 Å². The standard InChI is InChI=1S/C22H28N6O.HI/c1-4-24-22(26-14-18(3)29-20-7-5-6-17(2)12-20)27-15-19-8-9-25-21(13-19)28-11-10-23-16-28;/h5-13,16,18H,4,14-15H2,1-3H3,(H2,24,26,27);1H. The summed E-state index contributed by atoms with van der Waals surface area (Å²) in [5.74, 6) is 2.46. The Morgan fingerprint density at radius 1 is 1.20 bits per heavy atom. The molecule has 0 saturated carbocycles. The van der Waals surface area contributed by atoms with Gasteiger partial charge in [-0.25, -0.2) is 15.0 Å². The van der Waals surface area contributed by atoms with Gasteiger partial charge < -0.3 is 15.4 Å². The normalized spacial score (nSPS) is 12.0. The van der Waals surface area contributed by atoms with E-state index in [1.54, 1.807) is 18.7 Å². The van der Waals surface area contributed by atoms with Gasteiger partial charge in [0.25, 0.3) is 0 Å². The Morgan fingerprint density at radius 2 is 2.07 bits per heavy atom. The predicted octanol–water partition coefficient (Wildman–Crippen LogP) is 3.72. The van der Waals surface area contributed by atoms with E-state index in [9.17, 15) is 0 Å². The number of aromatic nitrogens is 3. The van der Waals surface area contributed by atoms with Crippen LogP contribution in [0.25, 0.3) is 5.82 Å². The van der Waals surface area contributed by atoms with Crippen molar-refractivity contribution in [2.45, 2.75) is 33.4 Å². The van der Waals surface area contributed by atoms with Crippen molar-refractivity contribution in [1.82, 2.24) is 25.2 Å². The third kappa shape index (κ3) is 7.33. The number of nitrogens with one attached hydrogen (secondary N) is 2. The van der Waals surface area contributed by atoms with Crippen molar-refractivity contribution in [3.8, 4) is 11.6 Å². The molecule has 2 N–H and O–H groups in total.